The van der Waals surface area contributed by atoms with Gasteiger partial charge in [-0.05, 0) is 30.2 Å². The van der Waals surface area contributed by atoms with Crippen LogP contribution in [0, 0.1) is 0 Å². The number of hydrogen-bond donors (Lipinski definition) is 3. The van der Waals surface area contributed by atoms with Crippen molar-refractivity contribution in [2.75, 3.05) is 13.7 Å². The lowest BCUT2D eigenvalue weighted by atomic mass is 10.1. The van der Waals surface area contributed by atoms with Crippen molar-refractivity contribution in [3.8, 4) is 11.5 Å². The Morgan fingerprint density at radius 3 is 2.62 bits per heavy atom. The molecule has 29 heavy (non-hydrogen) atoms. The fourth-order valence-corrected chi connectivity index (χ4v) is 3.14. The number of benzene rings is 2. The van der Waals surface area contributed by atoms with E-state index in [0.717, 1.165) is 10.5 Å². The normalized spacial score (nSPS) is 15.9. The highest BCUT2D eigenvalue weighted by molar-refractivity contribution is 6.05. The Hall–Kier alpha value is -3.55. The molecule has 1 fully saturated rings. The Labute approximate surface area is 168 Å². The first-order valence-corrected chi connectivity index (χ1v) is 9.26. The summed E-state index contributed by atoms with van der Waals surface area (Å²) in [6.45, 7) is 0.469. The van der Waals surface area contributed by atoms with Crippen LogP contribution in [0.15, 0.2) is 48.5 Å². The van der Waals surface area contributed by atoms with Crippen molar-refractivity contribution in [1.82, 2.24) is 15.5 Å². The topological polar surface area (TPSA) is 108 Å². The van der Waals surface area contributed by atoms with Gasteiger partial charge in [-0.25, -0.2) is 4.79 Å². The van der Waals surface area contributed by atoms with Crippen molar-refractivity contribution >= 4 is 17.8 Å². The maximum atomic E-state index is 12.6. The number of amides is 4. The number of carbonyl (C=O) groups excluding carboxylic acids is 3. The quantitative estimate of drug-likeness (QED) is 0.586. The van der Waals surface area contributed by atoms with Crippen LogP contribution < -0.4 is 15.4 Å². The third-order valence-corrected chi connectivity index (χ3v) is 4.69. The predicted octanol–water partition coefficient (Wildman–Crippen LogP) is 1.57. The van der Waals surface area contributed by atoms with Gasteiger partial charge in [0.15, 0.2) is 0 Å². The minimum Gasteiger partial charge on any atom is -0.508 e. The molecule has 0 bridgehead atoms. The number of phenols is 1. The van der Waals surface area contributed by atoms with Crippen LogP contribution >= 0.6 is 0 Å². The number of phenolic OH excluding ortho intramolecular Hbond substituents is 1. The first-order valence-electron chi connectivity index (χ1n) is 9.26. The Morgan fingerprint density at radius 2 is 1.90 bits per heavy atom. The van der Waals surface area contributed by atoms with Gasteiger partial charge in [-0.3, -0.25) is 14.5 Å². The minimum atomic E-state index is -0.883. The summed E-state index contributed by atoms with van der Waals surface area (Å²) in [7, 11) is 1.52. The summed E-state index contributed by atoms with van der Waals surface area (Å²) >= 11 is 0. The third-order valence-electron chi connectivity index (χ3n) is 4.69. The van der Waals surface area contributed by atoms with Gasteiger partial charge >= 0.3 is 6.03 Å². The van der Waals surface area contributed by atoms with Crippen molar-refractivity contribution in [2.45, 2.75) is 25.4 Å². The van der Waals surface area contributed by atoms with E-state index >= 15 is 0 Å². The summed E-state index contributed by atoms with van der Waals surface area (Å²) in [5.74, 6) is 0.0191. The molecule has 1 aliphatic rings. The van der Waals surface area contributed by atoms with Crippen molar-refractivity contribution in [2.24, 2.45) is 0 Å². The van der Waals surface area contributed by atoms with Gasteiger partial charge in [-0.2, -0.15) is 0 Å². The van der Waals surface area contributed by atoms with Gasteiger partial charge in [-0.1, -0.05) is 30.3 Å². The Morgan fingerprint density at radius 1 is 1.17 bits per heavy atom. The average molecular weight is 397 g/mol. The fourth-order valence-electron chi connectivity index (χ4n) is 3.14. The van der Waals surface area contributed by atoms with E-state index in [1.807, 2.05) is 0 Å². The number of nitrogens with zero attached hydrogens (tertiary/aromatic N) is 1. The highest BCUT2D eigenvalue weighted by Gasteiger charge is 2.39. The van der Waals surface area contributed by atoms with Gasteiger partial charge in [0, 0.05) is 12.1 Å². The Balaban J connectivity index is 1.51. The van der Waals surface area contributed by atoms with Crippen molar-refractivity contribution in [3.63, 3.8) is 0 Å². The molecule has 1 aliphatic heterocycles. The van der Waals surface area contributed by atoms with Crippen LogP contribution in [0.4, 0.5) is 4.79 Å². The second kappa shape index (κ2) is 9.09. The van der Waals surface area contributed by atoms with E-state index in [2.05, 4.69) is 10.6 Å². The second-order valence-corrected chi connectivity index (χ2v) is 6.71. The number of nitrogens with one attached hydrogen (secondary N) is 2. The van der Waals surface area contributed by atoms with Crippen LogP contribution in [-0.4, -0.2) is 47.5 Å². The van der Waals surface area contributed by atoms with E-state index < -0.39 is 18.0 Å². The molecule has 0 aromatic heterocycles. The van der Waals surface area contributed by atoms with E-state index in [4.69, 9.17) is 4.74 Å². The molecular weight excluding hydrogens is 374 g/mol. The monoisotopic (exact) mass is 397 g/mol. The Bertz CT molecular complexity index is 897. The molecule has 8 nitrogen and oxygen atoms in total. The van der Waals surface area contributed by atoms with Crippen molar-refractivity contribution in [1.29, 1.82) is 0 Å². The lowest BCUT2D eigenvalue weighted by Gasteiger charge is -2.15. The molecule has 2 aromatic rings. The summed E-state index contributed by atoms with van der Waals surface area (Å²) < 4.78 is 5.26. The molecule has 8 heteroatoms. The van der Waals surface area contributed by atoms with E-state index in [-0.39, 0.29) is 24.6 Å². The highest BCUT2D eigenvalue weighted by Crippen LogP contribution is 2.21. The standard InChI is InChI=1S/C21H23N3O5/c1-29-18-5-3-2-4-15(18)13-24-20(27)17(23-21(24)28)12-19(26)22-11-10-14-6-8-16(25)9-7-14/h2-9,17,25H,10-13H2,1H3,(H,22,26)(H,23,28)/t17-/m1/s1. The fraction of sp³-hybridized carbons (Fsp3) is 0.286. The molecule has 1 heterocycles. The predicted molar refractivity (Wildman–Crippen MR) is 105 cm³/mol. The Kier molecular flexibility index (Phi) is 6.33. The molecule has 0 unspecified atom stereocenters. The smallest absolute Gasteiger partial charge is 0.325 e. The molecule has 152 valence electrons. The lowest BCUT2D eigenvalue weighted by molar-refractivity contribution is -0.131. The number of ether oxygens (including phenoxy) is 1. The summed E-state index contributed by atoms with van der Waals surface area (Å²) in [6, 6.07) is 12.5. The first kappa shape index (κ1) is 20.2. The number of imide groups is 1. The number of aromatic hydroxyl groups is 1. The zero-order chi connectivity index (χ0) is 20.8. The summed E-state index contributed by atoms with van der Waals surface area (Å²) in [4.78, 5) is 38.0. The highest BCUT2D eigenvalue weighted by atomic mass is 16.5. The summed E-state index contributed by atoms with van der Waals surface area (Å²) in [5.41, 5.74) is 1.67. The van der Waals surface area contributed by atoms with Crippen LogP contribution in [0.3, 0.4) is 0 Å². The van der Waals surface area contributed by atoms with Crippen LogP contribution in [0.5, 0.6) is 11.5 Å². The zero-order valence-corrected chi connectivity index (χ0v) is 16.1. The lowest BCUT2D eigenvalue weighted by Crippen LogP contribution is -2.37. The first-order chi connectivity index (χ1) is 14.0. The second-order valence-electron chi connectivity index (χ2n) is 6.71. The molecule has 3 N–H and O–H groups in total. The molecule has 0 spiro atoms. The maximum absolute atomic E-state index is 12.6. The zero-order valence-electron chi connectivity index (χ0n) is 16.1. The van der Waals surface area contributed by atoms with Gasteiger partial charge in [0.2, 0.25) is 5.91 Å². The van der Waals surface area contributed by atoms with E-state index in [9.17, 15) is 19.5 Å². The number of methoxy groups -OCH3 is 1. The molecule has 1 saturated heterocycles. The maximum Gasteiger partial charge on any atom is 0.325 e. The third kappa shape index (κ3) is 5.04. The molecule has 2 aromatic carbocycles. The molecular formula is C21H23N3O5. The van der Waals surface area contributed by atoms with Gasteiger partial charge in [0.05, 0.1) is 20.1 Å². The summed E-state index contributed by atoms with van der Waals surface area (Å²) in [5, 5.41) is 14.6. The molecule has 0 saturated carbocycles. The van der Waals surface area contributed by atoms with Crippen molar-refractivity contribution in [3.05, 3.63) is 59.7 Å². The average Bonchev–Trinajstić information content (AvgIpc) is 2.97. The SMILES string of the molecule is COc1ccccc1CN1C(=O)N[C@H](CC(=O)NCCc2ccc(O)cc2)C1=O. The van der Waals surface area contributed by atoms with E-state index in [0.29, 0.717) is 24.3 Å². The number of hydrogen-bond acceptors (Lipinski definition) is 5. The van der Waals surface area contributed by atoms with E-state index in [1.54, 1.807) is 48.5 Å². The number of carbonyl (C=O) groups is 3. The van der Waals surface area contributed by atoms with Crippen molar-refractivity contribution < 1.29 is 24.2 Å². The van der Waals surface area contributed by atoms with Crippen LogP contribution in [0.2, 0.25) is 0 Å². The van der Waals surface area contributed by atoms with Crippen LogP contribution in [0.1, 0.15) is 17.5 Å². The van der Waals surface area contributed by atoms with Gasteiger partial charge in [0.25, 0.3) is 5.91 Å². The minimum absolute atomic E-state index is 0.0770. The largest absolute Gasteiger partial charge is 0.508 e. The van der Waals surface area contributed by atoms with Crippen LogP contribution in [-0.2, 0) is 22.6 Å². The summed E-state index contributed by atoms with van der Waals surface area (Å²) in [6.07, 6.45) is 0.472. The van der Waals surface area contributed by atoms with Crippen LogP contribution in [0.25, 0.3) is 0 Å². The molecule has 1 atom stereocenters. The number of para-hydroxylation sites is 1. The number of urea groups is 1. The molecule has 0 aliphatic carbocycles. The molecule has 4 amide bonds. The van der Waals surface area contributed by atoms with Gasteiger partial charge in [-0.15, -0.1) is 0 Å². The molecule has 0 radical (unpaired) electrons. The number of rotatable bonds is 8. The van der Waals surface area contributed by atoms with Gasteiger partial charge in [0.1, 0.15) is 17.5 Å². The van der Waals surface area contributed by atoms with Gasteiger partial charge < -0.3 is 20.5 Å². The molecule has 3 rings (SSSR count). The van der Waals surface area contributed by atoms with E-state index in [1.165, 1.54) is 7.11 Å².